The number of epoxide rings is 2. The van der Waals surface area contributed by atoms with Gasteiger partial charge in [0.15, 0.2) is 0 Å². The fourth-order valence-electron chi connectivity index (χ4n) is 5.78. The summed E-state index contributed by atoms with van der Waals surface area (Å²) in [4.78, 5) is 4.51. The van der Waals surface area contributed by atoms with Crippen molar-refractivity contribution in [1.82, 2.24) is 4.98 Å². The summed E-state index contributed by atoms with van der Waals surface area (Å²) in [7, 11) is 0. The molecule has 2 atom stereocenters. The number of aryl methyl sites for hydroxylation is 4. The van der Waals surface area contributed by atoms with Crippen molar-refractivity contribution in [2.75, 3.05) is 52.9 Å². The minimum atomic E-state index is 0.268. The quantitative estimate of drug-likeness (QED) is 0.0656. The summed E-state index contributed by atoms with van der Waals surface area (Å²) >= 11 is 0. The summed E-state index contributed by atoms with van der Waals surface area (Å²) < 4.78 is 45.7. The molecular weight excluding hydrogens is 658 g/mol. The number of hydrogen-bond donors (Lipinski definition) is 0. The Bertz CT molecular complexity index is 1830. The first-order valence-electron chi connectivity index (χ1n) is 17.8. The Balaban J connectivity index is 0.906. The third-order valence-electron chi connectivity index (χ3n) is 8.90. The SMILES string of the molecule is Cc1cc(-c2ccc(Oc3ccc(Oc4ccc(-c5ccc(OCCOCC6CO6)c(C)c5)cc4C)nc3)c(C)c2)ccc1OCCOCC1CO1. The first kappa shape index (κ1) is 35.5. The van der Waals surface area contributed by atoms with Crippen LogP contribution >= 0.6 is 0 Å². The van der Waals surface area contributed by atoms with Gasteiger partial charge in [-0.15, -0.1) is 0 Å². The number of hydrogen-bond acceptors (Lipinski definition) is 9. The van der Waals surface area contributed by atoms with Gasteiger partial charge in [-0.1, -0.05) is 24.3 Å². The van der Waals surface area contributed by atoms with E-state index in [0.717, 1.165) is 80.7 Å². The largest absolute Gasteiger partial charge is 0.491 e. The maximum absolute atomic E-state index is 6.20. The molecule has 270 valence electrons. The van der Waals surface area contributed by atoms with Crippen LogP contribution in [0.2, 0.25) is 0 Å². The van der Waals surface area contributed by atoms with E-state index < -0.39 is 0 Å². The molecule has 9 heteroatoms. The van der Waals surface area contributed by atoms with Crippen LogP contribution in [0.1, 0.15) is 22.3 Å². The third-order valence-corrected chi connectivity index (χ3v) is 8.90. The monoisotopic (exact) mass is 703 g/mol. The summed E-state index contributed by atoms with van der Waals surface area (Å²) in [6.07, 6.45) is 2.22. The molecule has 0 N–H and O–H groups in total. The molecule has 0 bridgehead atoms. The normalized spacial score (nSPS) is 16.0. The van der Waals surface area contributed by atoms with Crippen molar-refractivity contribution >= 4 is 0 Å². The average molecular weight is 704 g/mol. The van der Waals surface area contributed by atoms with Crippen molar-refractivity contribution < 1.29 is 37.9 Å². The van der Waals surface area contributed by atoms with E-state index in [1.807, 2.05) is 50.2 Å². The summed E-state index contributed by atoms with van der Waals surface area (Å²) in [5.74, 6) is 4.35. The van der Waals surface area contributed by atoms with Crippen molar-refractivity contribution in [1.29, 1.82) is 0 Å². The van der Waals surface area contributed by atoms with Gasteiger partial charge in [-0.25, -0.2) is 4.98 Å². The van der Waals surface area contributed by atoms with Gasteiger partial charge in [-0.3, -0.25) is 0 Å². The zero-order valence-corrected chi connectivity index (χ0v) is 30.2. The molecule has 2 aliphatic heterocycles. The molecule has 4 aromatic carbocycles. The molecule has 0 aliphatic carbocycles. The van der Waals surface area contributed by atoms with Crippen LogP contribution in [0, 0.1) is 27.7 Å². The predicted molar refractivity (Wildman–Crippen MR) is 199 cm³/mol. The van der Waals surface area contributed by atoms with Crippen LogP contribution in [-0.4, -0.2) is 70.0 Å². The van der Waals surface area contributed by atoms with E-state index >= 15 is 0 Å². The number of aromatic nitrogens is 1. The molecule has 3 heterocycles. The standard InChI is InChI=1S/C43H45NO8/c1-28-19-32(5-10-39(28)47-17-15-45-24-37-26-49-37)34-7-12-41(30(3)21-34)51-36-9-14-43(44-23-36)52-42-13-8-35(22-31(42)4)33-6-11-40(29(2)20-33)48-18-16-46-25-38-27-50-38/h5-14,19-23,37-38H,15-18,24-27H2,1-4H3. The van der Waals surface area contributed by atoms with E-state index in [-0.39, 0.29) is 12.2 Å². The van der Waals surface area contributed by atoms with Gasteiger partial charge in [0.2, 0.25) is 5.88 Å². The second-order valence-corrected chi connectivity index (χ2v) is 13.2. The van der Waals surface area contributed by atoms with Crippen LogP contribution in [-0.2, 0) is 18.9 Å². The van der Waals surface area contributed by atoms with Crippen molar-refractivity contribution in [2.45, 2.75) is 39.9 Å². The van der Waals surface area contributed by atoms with Gasteiger partial charge < -0.3 is 37.9 Å². The molecule has 2 fully saturated rings. The molecule has 0 spiro atoms. The molecule has 5 aromatic rings. The van der Waals surface area contributed by atoms with Crippen LogP contribution in [0.3, 0.4) is 0 Å². The second-order valence-electron chi connectivity index (χ2n) is 13.2. The van der Waals surface area contributed by atoms with Gasteiger partial charge in [0.25, 0.3) is 0 Å². The van der Waals surface area contributed by atoms with E-state index in [9.17, 15) is 0 Å². The zero-order chi connectivity index (χ0) is 35.9. The van der Waals surface area contributed by atoms with Gasteiger partial charge in [0.1, 0.15) is 54.2 Å². The minimum Gasteiger partial charge on any atom is -0.491 e. The second kappa shape index (κ2) is 16.6. The highest BCUT2D eigenvalue weighted by atomic mass is 16.6. The molecule has 0 saturated carbocycles. The topological polar surface area (TPSA) is 93.3 Å². The van der Waals surface area contributed by atoms with Crippen molar-refractivity contribution in [3.63, 3.8) is 0 Å². The first-order valence-corrected chi connectivity index (χ1v) is 17.8. The molecule has 0 amide bonds. The van der Waals surface area contributed by atoms with Gasteiger partial charge in [-0.05, 0) is 127 Å². The van der Waals surface area contributed by atoms with E-state index in [0.29, 0.717) is 51.3 Å². The third kappa shape index (κ3) is 9.68. The van der Waals surface area contributed by atoms with Gasteiger partial charge >= 0.3 is 0 Å². The average Bonchev–Trinajstić information content (AvgIpc) is 4.09. The molecule has 1 aromatic heterocycles. The fourth-order valence-corrected chi connectivity index (χ4v) is 5.78. The van der Waals surface area contributed by atoms with Gasteiger partial charge in [0.05, 0.1) is 45.8 Å². The number of benzene rings is 4. The molecule has 2 aliphatic rings. The molecule has 2 unspecified atom stereocenters. The van der Waals surface area contributed by atoms with Crippen LogP contribution in [0.15, 0.2) is 91.1 Å². The van der Waals surface area contributed by atoms with Crippen LogP contribution in [0.5, 0.6) is 34.6 Å². The maximum Gasteiger partial charge on any atom is 0.219 e. The molecule has 0 radical (unpaired) electrons. The van der Waals surface area contributed by atoms with Crippen LogP contribution < -0.4 is 18.9 Å². The van der Waals surface area contributed by atoms with E-state index in [1.165, 1.54) is 0 Å². The van der Waals surface area contributed by atoms with Crippen LogP contribution in [0.25, 0.3) is 22.3 Å². The van der Waals surface area contributed by atoms with Crippen molar-refractivity contribution in [3.05, 3.63) is 113 Å². The first-order chi connectivity index (χ1) is 25.4. The van der Waals surface area contributed by atoms with E-state index in [1.54, 1.807) is 6.20 Å². The number of pyridine rings is 1. The molecule has 52 heavy (non-hydrogen) atoms. The smallest absolute Gasteiger partial charge is 0.219 e. The summed E-state index contributed by atoms with van der Waals surface area (Å²) in [5.41, 5.74) is 8.60. The number of ether oxygens (including phenoxy) is 8. The Kier molecular flexibility index (Phi) is 11.3. The lowest BCUT2D eigenvalue weighted by molar-refractivity contribution is 0.0876. The van der Waals surface area contributed by atoms with Gasteiger partial charge in [-0.2, -0.15) is 0 Å². The molecular formula is C43H45NO8. The van der Waals surface area contributed by atoms with Crippen molar-refractivity contribution in [3.8, 4) is 56.9 Å². The number of rotatable bonds is 18. The highest BCUT2D eigenvalue weighted by Gasteiger charge is 2.22. The highest BCUT2D eigenvalue weighted by Crippen LogP contribution is 2.34. The lowest BCUT2D eigenvalue weighted by Crippen LogP contribution is -2.10. The summed E-state index contributed by atoms with van der Waals surface area (Å²) in [6.45, 7) is 13.2. The molecule has 9 nitrogen and oxygen atoms in total. The molecule has 7 rings (SSSR count). The predicted octanol–water partition coefficient (Wildman–Crippen LogP) is 8.82. The van der Waals surface area contributed by atoms with Crippen molar-refractivity contribution in [2.24, 2.45) is 0 Å². The minimum absolute atomic E-state index is 0.268. The Morgan fingerprint density at radius 1 is 0.519 bits per heavy atom. The Morgan fingerprint density at radius 2 is 0.942 bits per heavy atom. The number of nitrogens with zero attached hydrogens (tertiary/aromatic N) is 1. The summed E-state index contributed by atoms with van der Waals surface area (Å²) in [5, 5.41) is 0. The lowest BCUT2D eigenvalue weighted by atomic mass is 10.0. The Morgan fingerprint density at radius 3 is 1.33 bits per heavy atom. The molecule has 2 saturated heterocycles. The summed E-state index contributed by atoms with van der Waals surface area (Å²) in [6, 6.07) is 28.5. The Labute approximate surface area is 305 Å². The fraction of sp³-hybridized carbons (Fsp3) is 0.326. The maximum atomic E-state index is 6.20. The van der Waals surface area contributed by atoms with Gasteiger partial charge in [0, 0.05) is 6.07 Å². The Hall–Kier alpha value is -4.93. The lowest BCUT2D eigenvalue weighted by Gasteiger charge is -2.14. The van der Waals surface area contributed by atoms with Crippen LogP contribution in [0.4, 0.5) is 0 Å². The zero-order valence-electron chi connectivity index (χ0n) is 30.2. The van der Waals surface area contributed by atoms with E-state index in [4.69, 9.17) is 37.9 Å². The van der Waals surface area contributed by atoms with E-state index in [2.05, 4.69) is 67.4 Å². The highest BCUT2D eigenvalue weighted by molar-refractivity contribution is 5.69.